The van der Waals surface area contributed by atoms with Crippen LogP contribution >= 0.6 is 0 Å². The van der Waals surface area contributed by atoms with Crippen molar-refractivity contribution in [3.8, 4) is 0 Å². The van der Waals surface area contributed by atoms with E-state index in [-0.39, 0.29) is 5.91 Å². The minimum atomic E-state index is -0.00402. The van der Waals surface area contributed by atoms with E-state index in [2.05, 4.69) is 59.4 Å². The topological polar surface area (TPSA) is 48.5 Å². The highest BCUT2D eigenvalue weighted by atomic mass is 16.2. The van der Waals surface area contributed by atoms with E-state index in [1.165, 1.54) is 16.8 Å². The van der Waals surface area contributed by atoms with Crippen LogP contribution < -0.4 is 10.2 Å². The van der Waals surface area contributed by atoms with Crippen molar-refractivity contribution in [2.45, 2.75) is 13.8 Å². The molecule has 1 amide bonds. The number of amides is 1. The Balaban J connectivity index is 1.37. The van der Waals surface area contributed by atoms with E-state index >= 15 is 0 Å². The number of anilines is 3. The van der Waals surface area contributed by atoms with Crippen molar-refractivity contribution in [2.24, 2.45) is 0 Å². The van der Waals surface area contributed by atoms with Gasteiger partial charge in [0.25, 0.3) is 5.91 Å². The molecular formula is C24H26N4O. The Labute approximate surface area is 172 Å². The summed E-state index contributed by atoms with van der Waals surface area (Å²) < 4.78 is 0. The number of carbonyl (C=O) groups excluding carboxylic acids is 1. The maximum Gasteiger partial charge on any atom is 0.272 e. The molecule has 148 valence electrons. The molecule has 3 aromatic rings. The van der Waals surface area contributed by atoms with E-state index in [4.69, 9.17) is 0 Å². The van der Waals surface area contributed by atoms with E-state index < -0.39 is 0 Å². The lowest BCUT2D eigenvalue weighted by atomic mass is 10.1. The van der Waals surface area contributed by atoms with Gasteiger partial charge in [-0.15, -0.1) is 0 Å². The number of nitrogens with zero attached hydrogens (tertiary/aromatic N) is 3. The molecule has 1 aromatic heterocycles. The van der Waals surface area contributed by atoms with Crippen LogP contribution in [0.4, 0.5) is 17.1 Å². The summed E-state index contributed by atoms with van der Waals surface area (Å²) in [5.41, 5.74) is 6.02. The normalized spacial score (nSPS) is 14.0. The molecule has 0 spiro atoms. The Bertz CT molecular complexity index is 957. The number of hydrogen-bond acceptors (Lipinski definition) is 4. The first kappa shape index (κ1) is 19.0. The van der Waals surface area contributed by atoms with Crippen LogP contribution in [0.1, 0.15) is 21.6 Å². The highest BCUT2D eigenvalue weighted by Gasteiger charge is 2.23. The van der Waals surface area contributed by atoms with Crippen LogP contribution in [-0.4, -0.2) is 42.0 Å². The van der Waals surface area contributed by atoms with Gasteiger partial charge >= 0.3 is 0 Å². The van der Waals surface area contributed by atoms with Gasteiger partial charge in [0.15, 0.2) is 0 Å². The number of para-hydroxylation sites is 1. The predicted molar refractivity (Wildman–Crippen MR) is 118 cm³/mol. The highest BCUT2D eigenvalue weighted by molar-refractivity contribution is 5.92. The summed E-state index contributed by atoms with van der Waals surface area (Å²) in [6.07, 6.45) is 1.73. The van der Waals surface area contributed by atoms with Crippen molar-refractivity contribution in [1.29, 1.82) is 0 Å². The second-order valence-corrected chi connectivity index (χ2v) is 7.55. The molecule has 1 N–H and O–H groups in total. The Morgan fingerprint density at radius 2 is 1.55 bits per heavy atom. The standard InChI is InChI=1S/C24H26N4O/c1-18-14-19(2)16-21(15-18)26-20-8-9-23(25-17-20)24(29)28-12-10-27(11-13-28)22-6-4-3-5-7-22/h3-9,14-17,26H,10-13H2,1-2H3. The van der Waals surface area contributed by atoms with Gasteiger partial charge in [-0.2, -0.15) is 0 Å². The summed E-state index contributed by atoms with van der Waals surface area (Å²) in [6, 6.07) is 20.4. The molecule has 0 atom stereocenters. The fourth-order valence-electron chi connectivity index (χ4n) is 3.78. The minimum Gasteiger partial charge on any atom is -0.368 e. The predicted octanol–water partition coefficient (Wildman–Crippen LogP) is 4.40. The third kappa shape index (κ3) is 4.57. The molecule has 1 aliphatic rings. The number of pyridine rings is 1. The summed E-state index contributed by atoms with van der Waals surface area (Å²) in [4.78, 5) is 21.4. The van der Waals surface area contributed by atoms with Crippen LogP contribution in [0, 0.1) is 13.8 Å². The monoisotopic (exact) mass is 386 g/mol. The minimum absolute atomic E-state index is 0.00402. The van der Waals surface area contributed by atoms with E-state index in [0.29, 0.717) is 18.8 Å². The number of aromatic nitrogens is 1. The molecule has 5 nitrogen and oxygen atoms in total. The first-order chi connectivity index (χ1) is 14.1. The van der Waals surface area contributed by atoms with Crippen LogP contribution in [-0.2, 0) is 0 Å². The van der Waals surface area contributed by atoms with Crippen LogP contribution in [0.2, 0.25) is 0 Å². The number of piperazine rings is 1. The summed E-state index contributed by atoms with van der Waals surface area (Å²) in [6.45, 7) is 7.24. The second kappa shape index (κ2) is 8.35. The van der Waals surface area contributed by atoms with Gasteiger partial charge < -0.3 is 15.1 Å². The van der Waals surface area contributed by atoms with Gasteiger partial charge in [-0.05, 0) is 61.4 Å². The molecule has 0 aliphatic carbocycles. The van der Waals surface area contributed by atoms with Gasteiger partial charge in [0.2, 0.25) is 0 Å². The number of hydrogen-bond donors (Lipinski definition) is 1. The first-order valence-electron chi connectivity index (χ1n) is 9.99. The smallest absolute Gasteiger partial charge is 0.272 e. The molecule has 2 aromatic carbocycles. The lowest BCUT2D eigenvalue weighted by Crippen LogP contribution is -2.49. The van der Waals surface area contributed by atoms with Crippen molar-refractivity contribution in [3.05, 3.63) is 83.7 Å². The zero-order valence-corrected chi connectivity index (χ0v) is 16.9. The van der Waals surface area contributed by atoms with Gasteiger partial charge in [0, 0.05) is 37.6 Å². The molecule has 1 fully saturated rings. The van der Waals surface area contributed by atoms with Gasteiger partial charge in [-0.25, -0.2) is 4.98 Å². The average molecular weight is 386 g/mol. The van der Waals surface area contributed by atoms with E-state index in [1.54, 1.807) is 12.3 Å². The maximum atomic E-state index is 12.8. The zero-order chi connectivity index (χ0) is 20.2. The number of benzene rings is 2. The molecule has 0 unspecified atom stereocenters. The Kier molecular flexibility index (Phi) is 5.47. The molecule has 1 aliphatic heterocycles. The molecular weight excluding hydrogens is 360 g/mol. The van der Waals surface area contributed by atoms with Crippen LogP contribution in [0.5, 0.6) is 0 Å². The van der Waals surface area contributed by atoms with E-state index in [1.807, 2.05) is 29.2 Å². The molecule has 5 heteroatoms. The Morgan fingerprint density at radius 3 is 2.17 bits per heavy atom. The lowest BCUT2D eigenvalue weighted by Gasteiger charge is -2.36. The molecule has 1 saturated heterocycles. The van der Waals surface area contributed by atoms with Crippen LogP contribution in [0.3, 0.4) is 0 Å². The fraction of sp³-hybridized carbons (Fsp3) is 0.250. The van der Waals surface area contributed by atoms with Gasteiger partial charge in [-0.1, -0.05) is 24.3 Å². The SMILES string of the molecule is Cc1cc(C)cc(Nc2ccc(C(=O)N3CCN(c4ccccc4)CC3)nc2)c1. The van der Waals surface area contributed by atoms with Gasteiger partial charge in [-0.3, -0.25) is 4.79 Å². The second-order valence-electron chi connectivity index (χ2n) is 7.55. The van der Waals surface area contributed by atoms with Crippen molar-refractivity contribution < 1.29 is 4.79 Å². The number of rotatable bonds is 4. The van der Waals surface area contributed by atoms with Crippen molar-refractivity contribution in [2.75, 3.05) is 36.4 Å². The number of aryl methyl sites for hydroxylation is 2. The molecule has 0 radical (unpaired) electrons. The van der Waals surface area contributed by atoms with Crippen molar-refractivity contribution in [3.63, 3.8) is 0 Å². The fourth-order valence-corrected chi connectivity index (χ4v) is 3.78. The molecule has 0 bridgehead atoms. The average Bonchev–Trinajstić information content (AvgIpc) is 2.74. The van der Waals surface area contributed by atoms with Crippen molar-refractivity contribution in [1.82, 2.24) is 9.88 Å². The summed E-state index contributed by atoms with van der Waals surface area (Å²) >= 11 is 0. The van der Waals surface area contributed by atoms with E-state index in [9.17, 15) is 4.79 Å². The highest BCUT2D eigenvalue weighted by Crippen LogP contribution is 2.20. The quantitative estimate of drug-likeness (QED) is 0.722. The summed E-state index contributed by atoms with van der Waals surface area (Å²) in [5, 5.41) is 3.36. The molecule has 2 heterocycles. The Morgan fingerprint density at radius 1 is 0.862 bits per heavy atom. The third-order valence-corrected chi connectivity index (χ3v) is 5.18. The largest absolute Gasteiger partial charge is 0.368 e. The maximum absolute atomic E-state index is 12.8. The number of carbonyl (C=O) groups is 1. The van der Waals surface area contributed by atoms with Gasteiger partial charge in [0.1, 0.15) is 5.69 Å². The lowest BCUT2D eigenvalue weighted by molar-refractivity contribution is 0.0741. The van der Waals surface area contributed by atoms with Crippen LogP contribution in [0.15, 0.2) is 66.9 Å². The first-order valence-corrected chi connectivity index (χ1v) is 9.99. The van der Waals surface area contributed by atoms with Gasteiger partial charge in [0.05, 0.1) is 11.9 Å². The molecule has 29 heavy (non-hydrogen) atoms. The Hall–Kier alpha value is -3.34. The molecule has 0 saturated carbocycles. The summed E-state index contributed by atoms with van der Waals surface area (Å²) in [7, 11) is 0. The summed E-state index contributed by atoms with van der Waals surface area (Å²) in [5.74, 6) is -0.00402. The van der Waals surface area contributed by atoms with E-state index in [0.717, 1.165) is 24.5 Å². The number of nitrogens with one attached hydrogen (secondary N) is 1. The van der Waals surface area contributed by atoms with Crippen LogP contribution in [0.25, 0.3) is 0 Å². The van der Waals surface area contributed by atoms with Crippen molar-refractivity contribution >= 4 is 23.0 Å². The third-order valence-electron chi connectivity index (χ3n) is 5.18. The molecule has 4 rings (SSSR count). The zero-order valence-electron chi connectivity index (χ0n) is 16.9.